The molecule has 1 N–H and O–H groups in total. The molecule has 0 heterocycles. The van der Waals surface area contributed by atoms with Crippen LogP contribution in [0, 0.1) is 0 Å². The van der Waals surface area contributed by atoms with Crippen molar-refractivity contribution in [3.63, 3.8) is 0 Å². The highest BCUT2D eigenvalue weighted by Crippen LogP contribution is 2.64. The minimum Gasteiger partial charge on any atom is -0.329 e. The van der Waals surface area contributed by atoms with E-state index in [0.29, 0.717) is 4.48 Å². The average Bonchev–Trinajstić information content (AvgIpc) is 2.73. The third-order valence-corrected chi connectivity index (χ3v) is 6.41. The topological polar surface area (TPSA) is 55.8 Å². The molecule has 1 unspecified atom stereocenters. The van der Waals surface area contributed by atoms with Gasteiger partial charge in [0.15, 0.2) is 0 Å². The Morgan fingerprint density at radius 3 is 1.34 bits per heavy atom. The molecule has 1 atom stereocenters. The van der Waals surface area contributed by atoms with E-state index in [1.54, 1.807) is 21.1 Å². The monoisotopic (exact) mass is 668 g/mol. The van der Waals surface area contributed by atoms with Gasteiger partial charge >= 0.3 is 55.2 Å². The van der Waals surface area contributed by atoms with Crippen LogP contribution in [0.5, 0.6) is 0 Å². The highest BCUT2D eigenvalue weighted by molar-refractivity contribution is 7.47. The fourth-order valence-electron chi connectivity index (χ4n) is 2.72. The van der Waals surface area contributed by atoms with E-state index in [2.05, 4.69) is 9.05 Å². The van der Waals surface area contributed by atoms with Crippen molar-refractivity contribution < 1.29 is 93.2 Å². The van der Waals surface area contributed by atoms with Gasteiger partial charge in [0.25, 0.3) is 0 Å². The van der Waals surface area contributed by atoms with Gasteiger partial charge in [-0.05, 0) is 12.8 Å². The third-order valence-electron chi connectivity index (χ3n) is 5.39. The quantitative estimate of drug-likeness (QED) is 0.0713. The number of rotatable bonds is 18. The Bertz CT molecular complexity index is 918. The van der Waals surface area contributed by atoms with Crippen LogP contribution in [0.2, 0.25) is 0 Å². The van der Waals surface area contributed by atoms with Gasteiger partial charge in [0.05, 0.1) is 27.7 Å². The van der Waals surface area contributed by atoms with Gasteiger partial charge in [-0.15, -0.1) is 0 Å². The lowest BCUT2D eigenvalue weighted by Gasteiger charge is -2.43. The zero-order valence-corrected chi connectivity index (χ0v) is 22.5. The smallest absolute Gasteiger partial charge is 0.329 e. The number of alkyl halides is 16. The summed E-state index contributed by atoms with van der Waals surface area (Å²) in [5.41, 5.74) is 0. The van der Waals surface area contributed by atoms with Gasteiger partial charge in [0, 0.05) is 13.3 Å². The largest absolute Gasteiger partial charge is 0.472 e. The zero-order valence-electron chi connectivity index (χ0n) is 21.6. The van der Waals surface area contributed by atoms with E-state index in [9.17, 15) is 79.7 Å². The number of halogens is 16. The number of phosphoric acid groups is 1. The molecule has 22 heteroatoms. The number of quaternary nitrogens is 1. The van der Waals surface area contributed by atoms with Crippen LogP contribution in [0.25, 0.3) is 0 Å². The fraction of sp³-hybridized carbons (Fsp3) is 1.00. The minimum absolute atomic E-state index is 0.220. The number of likely N-dealkylation sites (N-methyl/N-ethyl adjacent to an activating group) is 1. The molecular weight excluding hydrogens is 641 g/mol. The number of nitrogens with zero attached hydrogens (tertiary/aromatic N) is 1. The van der Waals surface area contributed by atoms with Crippen molar-refractivity contribution in [2.24, 2.45) is 0 Å². The predicted octanol–water partition coefficient (Wildman–Crippen LogP) is 7.49. The van der Waals surface area contributed by atoms with E-state index >= 15 is 0 Å². The third kappa shape index (κ3) is 8.12. The molecule has 0 aliphatic carbocycles. The van der Waals surface area contributed by atoms with Gasteiger partial charge in [0.2, 0.25) is 0 Å². The van der Waals surface area contributed by atoms with Crippen molar-refractivity contribution in [2.75, 3.05) is 40.9 Å². The predicted molar refractivity (Wildman–Crippen MR) is 108 cm³/mol. The van der Waals surface area contributed by atoms with Crippen molar-refractivity contribution in [3.8, 4) is 0 Å². The van der Waals surface area contributed by atoms with Crippen LogP contribution < -0.4 is 0 Å². The Morgan fingerprint density at radius 1 is 0.585 bits per heavy atom. The summed E-state index contributed by atoms with van der Waals surface area (Å²) >= 11 is 0. The standard InChI is InChI=1S/C19H26F16NO4P/c1-12(20,21)14(24,25)16(28,29)18(32,33)19(34,35)17(30,31)15(26,27)13(22,23)8-6-5-7-10-39-41(37,38)40-11-9-36(2,3)4/h5-11H2,1-4H3/p+1. The van der Waals surface area contributed by atoms with E-state index in [0.717, 1.165) is 0 Å². The number of phosphoric ester groups is 1. The van der Waals surface area contributed by atoms with Crippen LogP contribution in [0.4, 0.5) is 70.2 Å². The van der Waals surface area contributed by atoms with Crippen molar-refractivity contribution in [1.82, 2.24) is 0 Å². The van der Waals surface area contributed by atoms with Crippen LogP contribution in [-0.2, 0) is 13.6 Å². The molecule has 0 bridgehead atoms. The van der Waals surface area contributed by atoms with Gasteiger partial charge in [-0.2, -0.15) is 70.2 Å². The van der Waals surface area contributed by atoms with Crippen LogP contribution in [0.15, 0.2) is 0 Å². The molecular formula is C19H27F16NO4P+. The maximum absolute atomic E-state index is 13.9. The molecule has 0 saturated heterocycles. The summed E-state index contributed by atoms with van der Waals surface area (Å²) in [7, 11) is 0.398. The zero-order chi connectivity index (χ0) is 33.4. The summed E-state index contributed by atoms with van der Waals surface area (Å²) in [6.45, 7) is -2.05. The Labute approximate surface area is 222 Å². The van der Waals surface area contributed by atoms with E-state index in [4.69, 9.17) is 0 Å². The maximum Gasteiger partial charge on any atom is 0.472 e. The second-order valence-electron chi connectivity index (χ2n) is 10.00. The van der Waals surface area contributed by atoms with E-state index in [1.165, 1.54) is 0 Å². The first-order chi connectivity index (χ1) is 17.7. The number of hydrogen-bond acceptors (Lipinski definition) is 3. The summed E-state index contributed by atoms with van der Waals surface area (Å²) in [5.74, 6) is -61.1. The highest BCUT2D eigenvalue weighted by Gasteiger charge is 2.94. The molecule has 0 aliphatic heterocycles. The molecule has 0 amide bonds. The number of unbranched alkanes of at least 4 members (excludes halogenated alkanes) is 2. The molecule has 0 aromatic rings. The van der Waals surface area contributed by atoms with Gasteiger partial charge in [-0.25, -0.2) is 4.57 Å². The molecule has 0 rings (SSSR count). The fourth-order valence-corrected chi connectivity index (χ4v) is 3.47. The van der Waals surface area contributed by atoms with Crippen molar-refractivity contribution in [3.05, 3.63) is 0 Å². The molecule has 0 spiro atoms. The van der Waals surface area contributed by atoms with Gasteiger partial charge < -0.3 is 9.38 Å². The van der Waals surface area contributed by atoms with E-state index in [1.807, 2.05) is 0 Å². The minimum atomic E-state index is -8.44. The number of hydrogen-bond donors (Lipinski definition) is 1. The normalized spacial score (nSPS) is 17.1. The summed E-state index contributed by atoms with van der Waals surface area (Å²) in [6, 6.07) is 0. The first-order valence-electron chi connectivity index (χ1n) is 11.1. The second kappa shape index (κ2) is 12.1. The lowest BCUT2D eigenvalue weighted by molar-refractivity contribution is -0.870. The lowest BCUT2D eigenvalue weighted by Crippen LogP contribution is -2.74. The summed E-state index contributed by atoms with van der Waals surface area (Å²) in [5, 5.41) is 0. The molecule has 0 aromatic carbocycles. The Kier molecular flexibility index (Phi) is 11.8. The van der Waals surface area contributed by atoms with E-state index < -0.39 is 94.4 Å². The van der Waals surface area contributed by atoms with E-state index in [-0.39, 0.29) is 13.2 Å². The molecule has 0 aromatic heterocycles. The summed E-state index contributed by atoms with van der Waals surface area (Å²) in [6.07, 6.45) is -5.09. The molecule has 41 heavy (non-hydrogen) atoms. The Morgan fingerprint density at radius 2 is 0.951 bits per heavy atom. The first kappa shape index (κ1) is 40.0. The van der Waals surface area contributed by atoms with Gasteiger partial charge in [-0.3, -0.25) is 9.05 Å². The summed E-state index contributed by atoms with van der Waals surface area (Å²) in [4.78, 5) is 9.41. The summed E-state index contributed by atoms with van der Waals surface area (Å²) < 4.78 is 237. The SMILES string of the molecule is CC(F)(F)C(F)(F)C(F)(F)C(F)(F)C(F)(F)C(F)(F)C(F)(F)C(F)(F)CCCCCOP(=O)(O)OCC[N+](C)(C)C. The molecule has 0 saturated carbocycles. The maximum atomic E-state index is 13.9. The van der Waals surface area contributed by atoms with Crippen LogP contribution in [-0.4, -0.2) is 97.7 Å². The second-order valence-corrected chi connectivity index (χ2v) is 11.5. The van der Waals surface area contributed by atoms with Crippen molar-refractivity contribution in [1.29, 1.82) is 0 Å². The van der Waals surface area contributed by atoms with Crippen LogP contribution >= 0.6 is 7.82 Å². The first-order valence-corrected chi connectivity index (χ1v) is 12.6. The van der Waals surface area contributed by atoms with Crippen molar-refractivity contribution >= 4 is 7.82 Å². The van der Waals surface area contributed by atoms with Crippen molar-refractivity contribution in [2.45, 2.75) is 80.0 Å². The highest BCUT2D eigenvalue weighted by atomic mass is 31.2. The van der Waals surface area contributed by atoms with Gasteiger partial charge in [-0.1, -0.05) is 6.42 Å². The molecule has 0 radical (unpaired) electrons. The van der Waals surface area contributed by atoms with Gasteiger partial charge in [0.1, 0.15) is 13.2 Å². The molecule has 248 valence electrons. The average molecular weight is 668 g/mol. The Hall–Kier alpha value is -1.05. The van der Waals surface area contributed by atoms with Crippen LogP contribution in [0.1, 0.15) is 32.6 Å². The molecule has 0 aliphatic rings. The molecule has 0 fully saturated rings. The lowest BCUT2D eigenvalue weighted by atomic mass is 9.87. The van der Waals surface area contributed by atoms with Crippen LogP contribution in [0.3, 0.4) is 0 Å². The Balaban J connectivity index is 5.55. The molecule has 5 nitrogen and oxygen atoms in total.